The van der Waals surface area contributed by atoms with E-state index in [1.165, 1.54) is 12.5 Å². The van der Waals surface area contributed by atoms with E-state index in [0.717, 1.165) is 6.42 Å². The van der Waals surface area contributed by atoms with E-state index in [1.807, 2.05) is 6.92 Å². The van der Waals surface area contributed by atoms with Gasteiger partial charge in [-0.25, -0.2) is 4.68 Å². The van der Waals surface area contributed by atoms with E-state index < -0.39 is 0 Å². The minimum absolute atomic E-state index is 0.0314. The Morgan fingerprint density at radius 2 is 2.38 bits per heavy atom. The second kappa shape index (κ2) is 5.91. The number of amides is 1. The minimum atomic E-state index is -0.0314. The number of aromatic nitrogens is 5. The van der Waals surface area contributed by atoms with Gasteiger partial charge < -0.3 is 13.8 Å². The van der Waals surface area contributed by atoms with Gasteiger partial charge in [-0.1, -0.05) is 17.3 Å². The number of carbonyl (C=O) groups excluding carboxylic acids is 1. The van der Waals surface area contributed by atoms with Crippen LogP contribution in [0.1, 0.15) is 35.6 Å². The molecule has 1 fully saturated rings. The third-order valence-corrected chi connectivity index (χ3v) is 4.11. The zero-order valence-corrected chi connectivity index (χ0v) is 13.1. The van der Waals surface area contributed by atoms with Crippen LogP contribution in [0.25, 0.3) is 11.6 Å². The molecule has 24 heavy (non-hydrogen) atoms. The van der Waals surface area contributed by atoms with Crippen molar-refractivity contribution in [1.29, 1.82) is 0 Å². The second-order valence-electron chi connectivity index (χ2n) is 5.66. The summed E-state index contributed by atoms with van der Waals surface area (Å²) in [4.78, 5) is 18.4. The lowest BCUT2D eigenvalue weighted by atomic mass is 10.3. The van der Waals surface area contributed by atoms with Crippen molar-refractivity contribution in [3.8, 4) is 11.6 Å². The van der Waals surface area contributed by atoms with Crippen LogP contribution in [0.5, 0.6) is 0 Å². The highest BCUT2D eigenvalue weighted by Crippen LogP contribution is 2.24. The highest BCUT2D eigenvalue weighted by Gasteiger charge is 2.29. The standard InChI is InChI=1S/C15H16N6O3/c1-2-13-16-14(24-18-13)12-8-21(19-17-12)11-3-5-20(7-11)15(22)10-4-6-23-9-10/h4,6,8-9,11H,2-3,5,7H2,1H3/t11-/m0/s1. The van der Waals surface area contributed by atoms with Gasteiger partial charge >= 0.3 is 0 Å². The van der Waals surface area contributed by atoms with E-state index in [1.54, 1.807) is 21.8 Å². The van der Waals surface area contributed by atoms with Crippen LogP contribution in [0.15, 0.2) is 33.7 Å². The first-order valence-corrected chi connectivity index (χ1v) is 7.81. The first-order valence-electron chi connectivity index (χ1n) is 7.81. The molecule has 3 aromatic heterocycles. The van der Waals surface area contributed by atoms with E-state index in [0.29, 0.717) is 42.5 Å². The summed E-state index contributed by atoms with van der Waals surface area (Å²) in [5, 5.41) is 12.1. The van der Waals surface area contributed by atoms with Crippen molar-refractivity contribution in [2.24, 2.45) is 0 Å². The van der Waals surface area contributed by atoms with Gasteiger partial charge in [-0.3, -0.25) is 4.79 Å². The molecule has 0 bridgehead atoms. The number of nitrogens with zero attached hydrogens (tertiary/aromatic N) is 6. The highest BCUT2D eigenvalue weighted by molar-refractivity contribution is 5.94. The average molecular weight is 328 g/mol. The van der Waals surface area contributed by atoms with Crippen molar-refractivity contribution in [3.63, 3.8) is 0 Å². The van der Waals surface area contributed by atoms with Crippen molar-refractivity contribution in [1.82, 2.24) is 30.0 Å². The Hall–Kier alpha value is -2.97. The Morgan fingerprint density at radius 3 is 3.12 bits per heavy atom. The summed E-state index contributed by atoms with van der Waals surface area (Å²) in [6.07, 6.45) is 6.26. The van der Waals surface area contributed by atoms with Gasteiger partial charge in [0.15, 0.2) is 11.5 Å². The van der Waals surface area contributed by atoms with Crippen molar-refractivity contribution in [2.75, 3.05) is 13.1 Å². The maximum Gasteiger partial charge on any atom is 0.280 e. The van der Waals surface area contributed by atoms with E-state index in [-0.39, 0.29) is 11.9 Å². The molecule has 0 N–H and O–H groups in total. The number of hydrogen-bond acceptors (Lipinski definition) is 7. The zero-order chi connectivity index (χ0) is 16.5. The van der Waals surface area contributed by atoms with Crippen molar-refractivity contribution in [3.05, 3.63) is 36.2 Å². The zero-order valence-electron chi connectivity index (χ0n) is 13.1. The minimum Gasteiger partial charge on any atom is -0.472 e. The van der Waals surface area contributed by atoms with Crippen molar-refractivity contribution >= 4 is 5.91 Å². The fraction of sp³-hybridized carbons (Fsp3) is 0.400. The average Bonchev–Trinajstić information content (AvgIpc) is 3.41. The number of hydrogen-bond donors (Lipinski definition) is 0. The molecule has 0 aromatic carbocycles. The lowest BCUT2D eigenvalue weighted by Gasteiger charge is -2.15. The largest absolute Gasteiger partial charge is 0.472 e. The van der Waals surface area contributed by atoms with Gasteiger partial charge in [0, 0.05) is 19.5 Å². The fourth-order valence-corrected chi connectivity index (χ4v) is 2.77. The first-order chi connectivity index (χ1) is 11.7. The first kappa shape index (κ1) is 14.6. The third-order valence-electron chi connectivity index (χ3n) is 4.11. The molecule has 1 aliphatic heterocycles. The fourth-order valence-electron chi connectivity index (χ4n) is 2.77. The van der Waals surface area contributed by atoms with Crippen molar-refractivity contribution < 1.29 is 13.7 Å². The van der Waals surface area contributed by atoms with Gasteiger partial charge in [-0.05, 0) is 12.5 Å². The number of carbonyl (C=O) groups is 1. The van der Waals surface area contributed by atoms with Gasteiger partial charge in [0.05, 0.1) is 24.1 Å². The quantitative estimate of drug-likeness (QED) is 0.716. The van der Waals surface area contributed by atoms with Gasteiger partial charge in [0.1, 0.15) is 6.26 Å². The summed E-state index contributed by atoms with van der Waals surface area (Å²) in [5.74, 6) is 0.968. The van der Waals surface area contributed by atoms with Gasteiger partial charge in [-0.15, -0.1) is 5.10 Å². The van der Waals surface area contributed by atoms with Crippen LogP contribution < -0.4 is 0 Å². The Morgan fingerprint density at radius 1 is 1.46 bits per heavy atom. The Balaban J connectivity index is 1.47. The number of likely N-dealkylation sites (tertiary alicyclic amines) is 1. The van der Waals surface area contributed by atoms with Crippen LogP contribution >= 0.6 is 0 Å². The second-order valence-corrected chi connectivity index (χ2v) is 5.66. The van der Waals surface area contributed by atoms with Crippen LogP contribution in [0, 0.1) is 0 Å². The smallest absolute Gasteiger partial charge is 0.280 e. The summed E-state index contributed by atoms with van der Waals surface area (Å²) in [6, 6.07) is 1.75. The normalized spacial score (nSPS) is 17.5. The maximum absolute atomic E-state index is 12.3. The van der Waals surface area contributed by atoms with Crippen molar-refractivity contribution in [2.45, 2.75) is 25.8 Å². The molecule has 0 spiro atoms. The van der Waals surface area contributed by atoms with E-state index in [2.05, 4.69) is 20.5 Å². The summed E-state index contributed by atoms with van der Waals surface area (Å²) in [5.41, 5.74) is 1.11. The molecule has 9 nitrogen and oxygen atoms in total. The van der Waals surface area contributed by atoms with Gasteiger partial charge in [0.25, 0.3) is 11.8 Å². The molecule has 0 radical (unpaired) electrons. The Bertz CT molecular complexity index is 837. The lowest BCUT2D eigenvalue weighted by Crippen LogP contribution is -2.28. The Labute approximate surface area is 137 Å². The Kier molecular flexibility index (Phi) is 3.60. The van der Waals surface area contributed by atoms with Crippen LogP contribution in [-0.4, -0.2) is 49.0 Å². The molecule has 0 unspecified atom stereocenters. The SMILES string of the molecule is CCc1noc(-c2cn([C@H]3CCN(C(=O)c4ccoc4)C3)nn2)n1. The number of rotatable bonds is 4. The van der Waals surface area contributed by atoms with Crippen LogP contribution in [0.4, 0.5) is 0 Å². The number of furan rings is 1. The molecular weight excluding hydrogens is 312 g/mol. The summed E-state index contributed by atoms with van der Waals surface area (Å²) < 4.78 is 11.9. The molecule has 9 heteroatoms. The summed E-state index contributed by atoms with van der Waals surface area (Å²) in [6.45, 7) is 3.21. The molecule has 1 amide bonds. The predicted octanol–water partition coefficient (Wildman–Crippen LogP) is 1.57. The van der Waals surface area contributed by atoms with Crippen LogP contribution in [0.3, 0.4) is 0 Å². The molecule has 0 saturated carbocycles. The number of aryl methyl sites for hydroxylation is 1. The summed E-state index contributed by atoms with van der Waals surface area (Å²) >= 11 is 0. The van der Waals surface area contributed by atoms with Crippen LogP contribution in [-0.2, 0) is 6.42 Å². The van der Waals surface area contributed by atoms with Gasteiger partial charge in [0.2, 0.25) is 0 Å². The third kappa shape index (κ3) is 2.57. The predicted molar refractivity (Wildman–Crippen MR) is 81.0 cm³/mol. The molecule has 124 valence electrons. The molecule has 4 heterocycles. The molecule has 1 atom stereocenters. The summed E-state index contributed by atoms with van der Waals surface area (Å²) in [7, 11) is 0. The lowest BCUT2D eigenvalue weighted by molar-refractivity contribution is 0.0786. The van der Waals surface area contributed by atoms with Crippen LogP contribution in [0.2, 0.25) is 0 Å². The molecule has 1 aliphatic rings. The van der Waals surface area contributed by atoms with E-state index >= 15 is 0 Å². The molecule has 0 aliphatic carbocycles. The highest BCUT2D eigenvalue weighted by atomic mass is 16.5. The molecule has 4 rings (SSSR count). The molecule has 3 aromatic rings. The van der Waals surface area contributed by atoms with E-state index in [9.17, 15) is 4.79 Å². The maximum atomic E-state index is 12.3. The topological polar surface area (TPSA) is 103 Å². The molecular formula is C15H16N6O3. The monoisotopic (exact) mass is 328 g/mol. The van der Waals surface area contributed by atoms with Gasteiger partial charge in [-0.2, -0.15) is 4.98 Å². The molecule has 1 saturated heterocycles. The van der Waals surface area contributed by atoms with E-state index in [4.69, 9.17) is 8.94 Å².